The second-order valence-corrected chi connectivity index (χ2v) is 8.17. The molecule has 4 rings (SSSR count). The van der Waals surface area contributed by atoms with E-state index in [0.717, 1.165) is 21.8 Å². The third-order valence-corrected chi connectivity index (χ3v) is 5.28. The lowest BCUT2D eigenvalue weighted by molar-refractivity contribution is 0.222. The predicted molar refractivity (Wildman–Crippen MR) is 124 cm³/mol. The number of para-hydroxylation sites is 1. The number of carbonyl (C=O) groups is 1. The molecule has 7 nitrogen and oxygen atoms in total. The second kappa shape index (κ2) is 9.01. The van der Waals surface area contributed by atoms with E-state index >= 15 is 0 Å². The molecule has 2 amide bonds. The molecule has 0 aliphatic heterocycles. The molecule has 31 heavy (non-hydrogen) atoms. The number of amides is 2. The number of hydrogen-bond acceptors (Lipinski definition) is 5. The molecule has 0 unspecified atom stereocenters. The van der Waals surface area contributed by atoms with E-state index in [1.807, 2.05) is 86.8 Å². The SMILES string of the molecule is Cc1ccccc1NC(=O)Nc1cccc(-n2nc(OC(C)C)nc2-c2cccs2)c1. The van der Waals surface area contributed by atoms with Gasteiger partial charge in [0.1, 0.15) is 0 Å². The van der Waals surface area contributed by atoms with Crippen molar-refractivity contribution in [2.24, 2.45) is 0 Å². The summed E-state index contributed by atoms with van der Waals surface area (Å²) >= 11 is 1.58. The van der Waals surface area contributed by atoms with Gasteiger partial charge in [0, 0.05) is 11.4 Å². The van der Waals surface area contributed by atoms with E-state index in [2.05, 4.69) is 20.7 Å². The number of hydrogen-bond donors (Lipinski definition) is 2. The largest absolute Gasteiger partial charge is 0.460 e. The number of nitrogens with zero attached hydrogens (tertiary/aromatic N) is 3. The smallest absolute Gasteiger partial charge is 0.336 e. The van der Waals surface area contributed by atoms with E-state index in [0.29, 0.717) is 17.5 Å². The molecule has 0 bridgehead atoms. The molecule has 2 aromatic carbocycles. The van der Waals surface area contributed by atoms with Crippen molar-refractivity contribution in [1.82, 2.24) is 14.8 Å². The summed E-state index contributed by atoms with van der Waals surface area (Å²) in [5.74, 6) is 0.687. The third-order valence-electron chi connectivity index (χ3n) is 4.41. The monoisotopic (exact) mass is 433 g/mol. The van der Waals surface area contributed by atoms with Gasteiger partial charge in [-0.3, -0.25) is 0 Å². The van der Waals surface area contributed by atoms with E-state index in [4.69, 9.17) is 4.74 Å². The number of aryl methyl sites for hydroxylation is 1. The van der Waals surface area contributed by atoms with Gasteiger partial charge < -0.3 is 15.4 Å². The maximum Gasteiger partial charge on any atom is 0.336 e. The van der Waals surface area contributed by atoms with Gasteiger partial charge in [-0.1, -0.05) is 30.3 Å². The van der Waals surface area contributed by atoms with Crippen molar-refractivity contribution < 1.29 is 9.53 Å². The van der Waals surface area contributed by atoms with Crippen LogP contribution in [0.1, 0.15) is 19.4 Å². The Morgan fingerprint density at radius 2 is 1.90 bits per heavy atom. The van der Waals surface area contributed by atoms with Crippen molar-refractivity contribution in [1.29, 1.82) is 0 Å². The van der Waals surface area contributed by atoms with Gasteiger partial charge in [0.15, 0.2) is 5.82 Å². The zero-order valence-electron chi connectivity index (χ0n) is 17.5. The zero-order chi connectivity index (χ0) is 21.8. The fourth-order valence-corrected chi connectivity index (χ4v) is 3.71. The molecule has 0 saturated carbocycles. The first-order chi connectivity index (χ1) is 15.0. The van der Waals surface area contributed by atoms with Crippen LogP contribution in [0.3, 0.4) is 0 Å². The van der Waals surface area contributed by atoms with Crippen molar-refractivity contribution in [2.75, 3.05) is 10.6 Å². The molecule has 0 aliphatic rings. The van der Waals surface area contributed by atoms with Gasteiger partial charge in [0.2, 0.25) is 0 Å². The van der Waals surface area contributed by atoms with Crippen molar-refractivity contribution in [3.63, 3.8) is 0 Å². The van der Waals surface area contributed by atoms with Crippen LogP contribution in [0.4, 0.5) is 16.2 Å². The van der Waals surface area contributed by atoms with Crippen LogP contribution in [0.2, 0.25) is 0 Å². The molecule has 0 saturated heterocycles. The molecular formula is C23H23N5O2S. The van der Waals surface area contributed by atoms with Crippen molar-refractivity contribution in [2.45, 2.75) is 26.9 Å². The highest BCUT2D eigenvalue weighted by Gasteiger charge is 2.17. The van der Waals surface area contributed by atoms with E-state index in [1.165, 1.54) is 0 Å². The molecule has 8 heteroatoms. The Morgan fingerprint density at radius 3 is 2.65 bits per heavy atom. The maximum atomic E-state index is 12.5. The highest BCUT2D eigenvalue weighted by atomic mass is 32.1. The molecule has 4 aromatic rings. The van der Waals surface area contributed by atoms with Crippen LogP contribution in [-0.2, 0) is 0 Å². The number of urea groups is 1. The van der Waals surface area contributed by atoms with Crippen LogP contribution < -0.4 is 15.4 Å². The topological polar surface area (TPSA) is 81.1 Å². The standard InChI is InChI=1S/C23H23N5O2S/c1-15(2)30-23-26-21(20-12-7-13-31-20)28(27-23)18-10-6-9-17(14-18)24-22(29)25-19-11-5-4-8-16(19)3/h4-15H,1-3H3,(H2,24,25,29). The van der Waals surface area contributed by atoms with Gasteiger partial charge in [-0.25, -0.2) is 9.48 Å². The van der Waals surface area contributed by atoms with Crippen LogP contribution in [0.15, 0.2) is 66.0 Å². The van der Waals surface area contributed by atoms with Gasteiger partial charge in [-0.05, 0) is 62.0 Å². The summed E-state index contributed by atoms with van der Waals surface area (Å²) in [7, 11) is 0. The molecule has 0 spiro atoms. The first kappa shape index (κ1) is 20.6. The van der Waals surface area contributed by atoms with Gasteiger partial charge >= 0.3 is 12.0 Å². The van der Waals surface area contributed by atoms with E-state index in [-0.39, 0.29) is 12.1 Å². The van der Waals surface area contributed by atoms with Crippen molar-refractivity contribution in [3.8, 4) is 22.4 Å². The third kappa shape index (κ3) is 4.92. The molecule has 2 aromatic heterocycles. The predicted octanol–water partition coefficient (Wildman–Crippen LogP) is 5.74. The lowest BCUT2D eigenvalue weighted by Crippen LogP contribution is -2.20. The Hall–Kier alpha value is -3.65. The Balaban J connectivity index is 1.60. The van der Waals surface area contributed by atoms with Crippen LogP contribution in [0.25, 0.3) is 16.4 Å². The van der Waals surface area contributed by atoms with Gasteiger partial charge in [0.05, 0.1) is 16.7 Å². The quantitative estimate of drug-likeness (QED) is 0.407. The average Bonchev–Trinajstić information content (AvgIpc) is 3.39. The van der Waals surface area contributed by atoms with Gasteiger partial charge in [-0.15, -0.1) is 16.4 Å². The molecule has 2 heterocycles. The number of thiophene rings is 1. The molecule has 158 valence electrons. The zero-order valence-corrected chi connectivity index (χ0v) is 18.3. The number of nitrogens with one attached hydrogen (secondary N) is 2. The number of ether oxygens (including phenoxy) is 1. The number of benzene rings is 2. The molecule has 0 radical (unpaired) electrons. The fourth-order valence-electron chi connectivity index (χ4n) is 3.01. The summed E-state index contributed by atoms with van der Waals surface area (Å²) in [6.45, 7) is 5.82. The van der Waals surface area contributed by atoms with Crippen LogP contribution in [0.5, 0.6) is 6.01 Å². The Kier molecular flexibility index (Phi) is 5.99. The van der Waals surface area contributed by atoms with Crippen LogP contribution in [0, 0.1) is 6.92 Å². The van der Waals surface area contributed by atoms with Gasteiger partial charge in [0.25, 0.3) is 0 Å². The summed E-state index contributed by atoms with van der Waals surface area (Å²) in [5.41, 5.74) is 3.17. The summed E-state index contributed by atoms with van der Waals surface area (Å²) in [6, 6.07) is 19.0. The Bertz CT molecular complexity index is 1180. The van der Waals surface area contributed by atoms with E-state index < -0.39 is 0 Å². The highest BCUT2D eigenvalue weighted by molar-refractivity contribution is 7.13. The van der Waals surface area contributed by atoms with E-state index in [1.54, 1.807) is 16.0 Å². The number of anilines is 2. The van der Waals surface area contributed by atoms with Gasteiger partial charge in [-0.2, -0.15) is 4.98 Å². The molecule has 0 aliphatic carbocycles. The average molecular weight is 434 g/mol. The number of aromatic nitrogens is 3. The normalized spacial score (nSPS) is 10.8. The van der Waals surface area contributed by atoms with Crippen molar-refractivity contribution >= 4 is 28.7 Å². The van der Waals surface area contributed by atoms with Crippen molar-refractivity contribution in [3.05, 3.63) is 71.6 Å². The fraction of sp³-hybridized carbons (Fsp3) is 0.174. The summed E-state index contributed by atoms with van der Waals surface area (Å²) in [5, 5.41) is 12.3. The Morgan fingerprint density at radius 1 is 1.06 bits per heavy atom. The van der Waals surface area contributed by atoms with Crippen LogP contribution in [-0.4, -0.2) is 26.9 Å². The molecule has 0 fully saturated rings. The highest BCUT2D eigenvalue weighted by Crippen LogP contribution is 2.28. The number of carbonyl (C=O) groups excluding carboxylic acids is 1. The lowest BCUT2D eigenvalue weighted by Gasteiger charge is -2.11. The minimum absolute atomic E-state index is 0.0369. The van der Waals surface area contributed by atoms with E-state index in [9.17, 15) is 4.79 Å². The Labute approximate surface area is 184 Å². The molecule has 2 N–H and O–H groups in total. The first-order valence-corrected chi connectivity index (χ1v) is 10.8. The maximum absolute atomic E-state index is 12.5. The summed E-state index contributed by atoms with van der Waals surface area (Å²) < 4.78 is 7.44. The summed E-state index contributed by atoms with van der Waals surface area (Å²) in [4.78, 5) is 18.0. The number of rotatable bonds is 6. The molecular weight excluding hydrogens is 410 g/mol. The lowest BCUT2D eigenvalue weighted by atomic mass is 10.2. The van der Waals surface area contributed by atoms with Crippen LogP contribution >= 0.6 is 11.3 Å². The minimum atomic E-state index is -0.313. The summed E-state index contributed by atoms with van der Waals surface area (Å²) in [6.07, 6.45) is -0.0369. The molecule has 0 atom stereocenters. The second-order valence-electron chi connectivity index (χ2n) is 7.22. The first-order valence-electron chi connectivity index (χ1n) is 9.91. The minimum Gasteiger partial charge on any atom is -0.460 e.